The van der Waals surface area contributed by atoms with E-state index in [9.17, 15) is 14.0 Å². The van der Waals surface area contributed by atoms with Gasteiger partial charge in [0.2, 0.25) is 0 Å². The first kappa shape index (κ1) is 16.6. The number of nitrogens with zero attached hydrogens (tertiary/aromatic N) is 1. The van der Waals surface area contributed by atoms with E-state index in [0.717, 1.165) is 18.2 Å². The maximum atomic E-state index is 13.8. The van der Waals surface area contributed by atoms with Gasteiger partial charge in [-0.1, -0.05) is 29.8 Å². The number of anilines is 1. The van der Waals surface area contributed by atoms with Crippen molar-refractivity contribution in [2.75, 3.05) is 16.8 Å². The van der Waals surface area contributed by atoms with Crippen LogP contribution in [0.2, 0.25) is 0 Å². The molecule has 0 spiro atoms. The molecule has 1 aliphatic heterocycles. The molecule has 0 aliphatic carbocycles. The maximum absolute atomic E-state index is 13.8. The van der Waals surface area contributed by atoms with Crippen LogP contribution >= 0.6 is 31.9 Å². The van der Waals surface area contributed by atoms with Crippen molar-refractivity contribution in [1.29, 1.82) is 0 Å². The van der Waals surface area contributed by atoms with E-state index < -0.39 is 17.5 Å². The van der Waals surface area contributed by atoms with Gasteiger partial charge >= 0.3 is 0 Å². The van der Waals surface area contributed by atoms with Crippen molar-refractivity contribution in [2.24, 2.45) is 5.41 Å². The summed E-state index contributed by atoms with van der Waals surface area (Å²) in [7, 11) is 0. The number of amides is 1. The molecule has 1 heterocycles. The quantitative estimate of drug-likeness (QED) is 0.525. The highest BCUT2D eigenvalue weighted by Gasteiger charge is 2.40. The number of rotatable bonds is 5. The summed E-state index contributed by atoms with van der Waals surface area (Å²) in [5.41, 5.74) is 0.517. The molecule has 0 fully saturated rings. The lowest BCUT2D eigenvalue weighted by Gasteiger charge is -2.34. The summed E-state index contributed by atoms with van der Waals surface area (Å²) in [6.45, 7) is 4.51. The molecule has 1 aliphatic rings. The Morgan fingerprint density at radius 2 is 1.86 bits per heavy atom. The largest absolute Gasteiger partial charge is 0.304 e. The van der Waals surface area contributed by atoms with Crippen LogP contribution in [-0.2, 0) is 4.79 Å². The smallest absolute Gasteiger partial charge is 0.299 e. The zero-order valence-corrected chi connectivity index (χ0v) is 15.1. The number of alkyl halides is 1. The first-order valence-corrected chi connectivity index (χ1v) is 8.71. The Kier molecular flexibility index (Phi) is 4.88. The molecule has 1 aromatic rings. The van der Waals surface area contributed by atoms with Crippen molar-refractivity contribution < 1.29 is 14.0 Å². The molecular formula is C15H16Br2FNO2. The molecule has 2 rings (SSSR count). The fraction of sp³-hybridized carbons (Fsp3) is 0.467. The first-order chi connectivity index (χ1) is 9.89. The van der Waals surface area contributed by atoms with E-state index in [0.29, 0.717) is 12.2 Å². The summed E-state index contributed by atoms with van der Waals surface area (Å²) >= 11 is 6.55. The molecule has 114 valence electrons. The SMILES string of the molecule is CCC(CC)(CBr)CN1C(=O)C(=O)c2cc(Br)c(F)cc21. The Labute approximate surface area is 140 Å². The number of hydrogen-bond donors (Lipinski definition) is 0. The van der Waals surface area contributed by atoms with Gasteiger partial charge in [0.05, 0.1) is 15.7 Å². The third-order valence-electron chi connectivity index (χ3n) is 4.29. The average molecular weight is 421 g/mol. The summed E-state index contributed by atoms with van der Waals surface area (Å²) in [4.78, 5) is 25.7. The molecule has 0 atom stereocenters. The third-order valence-corrected chi connectivity index (χ3v) is 6.09. The zero-order chi connectivity index (χ0) is 15.8. The van der Waals surface area contributed by atoms with Crippen LogP contribution in [-0.4, -0.2) is 23.6 Å². The highest BCUT2D eigenvalue weighted by atomic mass is 79.9. The van der Waals surface area contributed by atoms with E-state index in [1.807, 2.05) is 0 Å². The van der Waals surface area contributed by atoms with Crippen LogP contribution in [0, 0.1) is 11.2 Å². The summed E-state index contributed by atoms with van der Waals surface area (Å²) in [5, 5.41) is 0.722. The van der Waals surface area contributed by atoms with Gasteiger partial charge in [0.15, 0.2) is 0 Å². The van der Waals surface area contributed by atoms with Crippen molar-refractivity contribution in [2.45, 2.75) is 26.7 Å². The molecule has 0 saturated heterocycles. The number of Topliss-reactive ketones (excluding diaryl/α,β-unsaturated/α-hetero) is 1. The minimum atomic E-state index is -0.574. The van der Waals surface area contributed by atoms with E-state index in [-0.39, 0.29) is 15.5 Å². The third kappa shape index (κ3) is 2.80. The minimum Gasteiger partial charge on any atom is -0.304 e. The summed E-state index contributed by atoms with van der Waals surface area (Å²) in [6.07, 6.45) is 1.72. The highest BCUT2D eigenvalue weighted by Crippen LogP contribution is 2.38. The van der Waals surface area contributed by atoms with E-state index in [4.69, 9.17) is 0 Å². The number of carbonyl (C=O) groups is 2. The topological polar surface area (TPSA) is 37.4 Å². The molecule has 0 N–H and O–H groups in total. The average Bonchev–Trinajstić information content (AvgIpc) is 2.70. The van der Waals surface area contributed by atoms with Crippen molar-refractivity contribution in [3.8, 4) is 0 Å². The standard InChI is InChI=1S/C15H16Br2FNO2/c1-3-15(4-2,7-16)8-19-12-6-11(18)10(17)5-9(12)13(20)14(19)21/h5-6H,3-4,7-8H2,1-2H3. The maximum Gasteiger partial charge on any atom is 0.299 e. The summed E-state index contributed by atoms with van der Waals surface area (Å²) in [5.74, 6) is -1.62. The molecule has 0 radical (unpaired) electrons. The Hall–Kier alpha value is -0.750. The Morgan fingerprint density at radius 1 is 1.24 bits per heavy atom. The van der Waals surface area contributed by atoms with E-state index >= 15 is 0 Å². The number of carbonyl (C=O) groups excluding carboxylic acids is 2. The fourth-order valence-electron chi connectivity index (χ4n) is 2.49. The second kappa shape index (κ2) is 6.16. The Balaban J connectivity index is 2.46. The minimum absolute atomic E-state index is 0.124. The van der Waals surface area contributed by atoms with E-state index in [1.165, 1.54) is 17.0 Å². The predicted octanol–water partition coefficient (Wildman–Crippen LogP) is 4.32. The molecule has 1 aromatic carbocycles. The van der Waals surface area contributed by atoms with Gasteiger partial charge in [-0.25, -0.2) is 4.39 Å². The van der Waals surface area contributed by atoms with Crippen LogP contribution < -0.4 is 4.90 Å². The van der Waals surface area contributed by atoms with Gasteiger partial charge in [0.25, 0.3) is 11.7 Å². The molecule has 3 nitrogen and oxygen atoms in total. The number of fused-ring (bicyclic) bond motifs is 1. The van der Waals surface area contributed by atoms with Gasteiger partial charge in [-0.05, 0) is 46.3 Å². The van der Waals surface area contributed by atoms with E-state index in [1.54, 1.807) is 0 Å². The van der Waals surface area contributed by atoms with Crippen molar-refractivity contribution >= 4 is 49.2 Å². The molecule has 0 unspecified atom stereocenters. The van der Waals surface area contributed by atoms with E-state index in [2.05, 4.69) is 45.7 Å². The lowest BCUT2D eigenvalue weighted by molar-refractivity contribution is -0.114. The van der Waals surface area contributed by atoms with Crippen LogP contribution in [0.3, 0.4) is 0 Å². The zero-order valence-electron chi connectivity index (χ0n) is 11.9. The molecule has 1 amide bonds. The van der Waals surface area contributed by atoms with Crippen LogP contribution in [0.5, 0.6) is 0 Å². The first-order valence-electron chi connectivity index (χ1n) is 6.80. The van der Waals surface area contributed by atoms with Crippen LogP contribution in [0.25, 0.3) is 0 Å². The van der Waals surface area contributed by atoms with Gasteiger partial charge in [-0.3, -0.25) is 9.59 Å². The lowest BCUT2D eigenvalue weighted by Crippen LogP contribution is -2.41. The van der Waals surface area contributed by atoms with Crippen molar-refractivity contribution in [3.63, 3.8) is 0 Å². The number of hydrogen-bond acceptors (Lipinski definition) is 2. The van der Waals surface area contributed by atoms with Crippen LogP contribution in [0.1, 0.15) is 37.0 Å². The molecule has 0 saturated carbocycles. The molecule has 6 heteroatoms. The van der Waals surface area contributed by atoms with Gasteiger partial charge in [0.1, 0.15) is 5.82 Å². The molecule has 0 bridgehead atoms. The highest BCUT2D eigenvalue weighted by molar-refractivity contribution is 9.10. The monoisotopic (exact) mass is 419 g/mol. The predicted molar refractivity (Wildman–Crippen MR) is 87.6 cm³/mol. The summed E-state index contributed by atoms with van der Waals surface area (Å²) < 4.78 is 14.0. The summed E-state index contributed by atoms with van der Waals surface area (Å²) in [6, 6.07) is 2.64. The van der Waals surface area contributed by atoms with Gasteiger partial charge in [-0.2, -0.15) is 0 Å². The van der Waals surface area contributed by atoms with Crippen LogP contribution in [0.4, 0.5) is 10.1 Å². The molecule has 21 heavy (non-hydrogen) atoms. The number of benzene rings is 1. The molecule has 0 aromatic heterocycles. The number of halogens is 3. The normalized spacial score (nSPS) is 14.8. The van der Waals surface area contributed by atoms with Gasteiger partial charge in [0, 0.05) is 11.9 Å². The fourth-order valence-corrected chi connectivity index (χ4v) is 3.80. The Bertz CT molecular complexity index is 591. The van der Waals surface area contributed by atoms with Crippen molar-refractivity contribution in [1.82, 2.24) is 0 Å². The second-order valence-electron chi connectivity index (χ2n) is 5.34. The number of ketones is 1. The van der Waals surface area contributed by atoms with Crippen molar-refractivity contribution in [3.05, 3.63) is 28.0 Å². The lowest BCUT2D eigenvalue weighted by atomic mass is 9.84. The van der Waals surface area contributed by atoms with Gasteiger partial charge < -0.3 is 4.90 Å². The van der Waals surface area contributed by atoms with Crippen LogP contribution in [0.15, 0.2) is 16.6 Å². The molecular weight excluding hydrogens is 405 g/mol. The van der Waals surface area contributed by atoms with Gasteiger partial charge in [-0.15, -0.1) is 0 Å². The second-order valence-corrected chi connectivity index (χ2v) is 6.76. The Morgan fingerprint density at radius 3 is 2.38 bits per heavy atom.